The van der Waals surface area contributed by atoms with Gasteiger partial charge in [0.05, 0.1) is 10.8 Å². The van der Waals surface area contributed by atoms with Crippen molar-refractivity contribution >= 4 is 10.8 Å². The SMILES string of the molecule is c1ccc2c(c1)Oc1ccc(-c3ccccc3-c3ccc4c(c3)C3(c5ccccc5-4)c4ccccc4-c4cc5ccccc5cc43)cc1C21c2ccccc2-c2ccccc21. The molecular formula is C60H36O. The maximum absolute atomic E-state index is 6.82. The molecule has 0 radical (unpaired) electrons. The molecule has 61 heavy (non-hydrogen) atoms. The molecule has 1 atom stereocenters. The molecule has 1 unspecified atom stereocenters. The quantitative estimate of drug-likeness (QED) is 0.170. The fourth-order valence-corrected chi connectivity index (χ4v) is 12.0. The van der Waals surface area contributed by atoms with Crippen LogP contribution in [-0.4, -0.2) is 0 Å². The van der Waals surface area contributed by atoms with Crippen molar-refractivity contribution in [2.75, 3.05) is 0 Å². The van der Waals surface area contributed by atoms with Gasteiger partial charge in [-0.25, -0.2) is 0 Å². The molecule has 10 aromatic rings. The van der Waals surface area contributed by atoms with Gasteiger partial charge in [0.2, 0.25) is 0 Å². The third-order valence-electron chi connectivity index (χ3n) is 14.4. The van der Waals surface area contributed by atoms with Crippen molar-refractivity contribution in [3.05, 3.63) is 263 Å². The summed E-state index contributed by atoms with van der Waals surface area (Å²) in [7, 11) is 0. The van der Waals surface area contributed by atoms with E-state index in [4.69, 9.17) is 4.74 Å². The summed E-state index contributed by atoms with van der Waals surface area (Å²) in [6.45, 7) is 0. The predicted molar refractivity (Wildman–Crippen MR) is 248 cm³/mol. The Kier molecular flexibility index (Phi) is 6.48. The summed E-state index contributed by atoms with van der Waals surface area (Å²) >= 11 is 0. The molecule has 3 aliphatic carbocycles. The molecule has 0 fully saturated rings. The van der Waals surface area contributed by atoms with E-state index in [2.05, 4.69) is 218 Å². The molecule has 10 aromatic carbocycles. The Bertz CT molecular complexity index is 3490. The first-order valence-corrected chi connectivity index (χ1v) is 21.3. The topological polar surface area (TPSA) is 9.23 Å². The van der Waals surface area contributed by atoms with Gasteiger partial charge in [-0.3, -0.25) is 0 Å². The van der Waals surface area contributed by atoms with E-state index in [0.717, 1.165) is 11.5 Å². The molecule has 2 spiro atoms. The van der Waals surface area contributed by atoms with Gasteiger partial charge >= 0.3 is 0 Å². The van der Waals surface area contributed by atoms with Crippen LogP contribution in [0.4, 0.5) is 0 Å². The van der Waals surface area contributed by atoms with Crippen LogP contribution in [0.15, 0.2) is 218 Å². The molecular weight excluding hydrogens is 737 g/mol. The van der Waals surface area contributed by atoms with Gasteiger partial charge in [-0.1, -0.05) is 182 Å². The van der Waals surface area contributed by atoms with Gasteiger partial charge in [0.15, 0.2) is 0 Å². The highest BCUT2D eigenvalue weighted by atomic mass is 16.5. The summed E-state index contributed by atoms with van der Waals surface area (Å²) in [6.07, 6.45) is 0. The Morgan fingerprint density at radius 3 is 1.20 bits per heavy atom. The number of hydrogen-bond acceptors (Lipinski definition) is 1. The van der Waals surface area contributed by atoms with E-state index in [1.54, 1.807) is 0 Å². The summed E-state index contributed by atoms with van der Waals surface area (Å²) in [5.41, 5.74) is 22.0. The van der Waals surface area contributed by atoms with Gasteiger partial charge in [0.1, 0.15) is 11.5 Å². The van der Waals surface area contributed by atoms with Gasteiger partial charge < -0.3 is 4.74 Å². The van der Waals surface area contributed by atoms with Crippen LogP contribution in [-0.2, 0) is 10.8 Å². The Labute approximate surface area is 354 Å². The van der Waals surface area contributed by atoms with E-state index in [1.807, 2.05) is 0 Å². The number of para-hydroxylation sites is 1. The second-order valence-electron chi connectivity index (χ2n) is 17.0. The fraction of sp³-hybridized carbons (Fsp3) is 0.0333. The Balaban J connectivity index is 1.000. The Hall–Kier alpha value is -7.74. The Morgan fingerprint density at radius 1 is 0.230 bits per heavy atom. The summed E-state index contributed by atoms with van der Waals surface area (Å²) < 4.78 is 6.82. The molecule has 1 nitrogen and oxygen atoms in total. The molecule has 1 aliphatic heterocycles. The van der Waals surface area contributed by atoms with Crippen LogP contribution in [0.25, 0.3) is 66.4 Å². The van der Waals surface area contributed by atoms with E-state index in [1.165, 1.54) is 111 Å². The van der Waals surface area contributed by atoms with Crippen molar-refractivity contribution < 1.29 is 4.74 Å². The van der Waals surface area contributed by atoms with Crippen LogP contribution < -0.4 is 4.74 Å². The zero-order chi connectivity index (χ0) is 39.9. The molecule has 1 heteroatoms. The third kappa shape index (κ3) is 4.11. The maximum Gasteiger partial charge on any atom is 0.132 e. The van der Waals surface area contributed by atoms with Crippen molar-refractivity contribution in [2.45, 2.75) is 10.8 Å². The summed E-state index contributed by atoms with van der Waals surface area (Å²) in [5, 5.41) is 2.54. The number of rotatable bonds is 2. The normalized spacial score (nSPS) is 16.2. The molecule has 1 heterocycles. The summed E-state index contributed by atoms with van der Waals surface area (Å²) in [6, 6.07) is 81.5. The van der Waals surface area contributed by atoms with Crippen LogP contribution in [0.1, 0.15) is 44.5 Å². The molecule has 0 N–H and O–H groups in total. The average molecular weight is 773 g/mol. The van der Waals surface area contributed by atoms with Gasteiger partial charge in [-0.05, 0) is 136 Å². The van der Waals surface area contributed by atoms with Crippen molar-refractivity contribution in [1.82, 2.24) is 0 Å². The second-order valence-corrected chi connectivity index (χ2v) is 17.0. The van der Waals surface area contributed by atoms with Crippen molar-refractivity contribution in [3.63, 3.8) is 0 Å². The zero-order valence-corrected chi connectivity index (χ0v) is 33.2. The first-order valence-electron chi connectivity index (χ1n) is 21.3. The molecule has 0 bridgehead atoms. The van der Waals surface area contributed by atoms with Crippen molar-refractivity contribution in [2.24, 2.45) is 0 Å². The lowest BCUT2D eigenvalue weighted by atomic mass is 9.65. The van der Waals surface area contributed by atoms with Crippen LogP contribution in [0.5, 0.6) is 11.5 Å². The van der Waals surface area contributed by atoms with Crippen LogP contribution in [0.2, 0.25) is 0 Å². The highest BCUT2D eigenvalue weighted by Crippen LogP contribution is 2.65. The molecule has 0 saturated carbocycles. The largest absolute Gasteiger partial charge is 0.457 e. The van der Waals surface area contributed by atoms with E-state index in [0.29, 0.717) is 0 Å². The van der Waals surface area contributed by atoms with Crippen molar-refractivity contribution in [1.29, 1.82) is 0 Å². The van der Waals surface area contributed by atoms with Gasteiger partial charge in [-0.2, -0.15) is 0 Å². The molecule has 0 aromatic heterocycles. The Morgan fingerprint density at radius 2 is 0.607 bits per heavy atom. The summed E-state index contributed by atoms with van der Waals surface area (Å²) in [4.78, 5) is 0. The minimum absolute atomic E-state index is 0.445. The smallest absolute Gasteiger partial charge is 0.132 e. The average Bonchev–Trinajstić information content (AvgIpc) is 3.90. The van der Waals surface area contributed by atoms with Crippen LogP contribution in [0, 0.1) is 0 Å². The van der Waals surface area contributed by atoms with Gasteiger partial charge in [0.25, 0.3) is 0 Å². The maximum atomic E-state index is 6.82. The molecule has 0 amide bonds. The number of fused-ring (bicyclic) bond motifs is 20. The molecule has 4 aliphatic rings. The molecule has 14 rings (SSSR count). The van der Waals surface area contributed by atoms with Crippen LogP contribution >= 0.6 is 0 Å². The van der Waals surface area contributed by atoms with E-state index in [-0.39, 0.29) is 0 Å². The minimum atomic E-state index is -0.526. The number of ether oxygens (including phenoxy) is 1. The zero-order valence-electron chi connectivity index (χ0n) is 33.2. The van der Waals surface area contributed by atoms with Crippen LogP contribution in [0.3, 0.4) is 0 Å². The number of hydrogen-bond donors (Lipinski definition) is 0. The first-order chi connectivity index (χ1) is 30.2. The van der Waals surface area contributed by atoms with Crippen molar-refractivity contribution in [3.8, 4) is 67.1 Å². The lowest BCUT2D eigenvalue weighted by Gasteiger charge is -2.39. The van der Waals surface area contributed by atoms with E-state index >= 15 is 0 Å². The van der Waals surface area contributed by atoms with E-state index in [9.17, 15) is 0 Å². The van der Waals surface area contributed by atoms with Gasteiger partial charge in [-0.15, -0.1) is 0 Å². The molecule has 0 saturated heterocycles. The lowest BCUT2D eigenvalue weighted by molar-refractivity contribution is 0.436. The fourth-order valence-electron chi connectivity index (χ4n) is 12.0. The lowest BCUT2D eigenvalue weighted by Crippen LogP contribution is -2.32. The number of benzene rings is 10. The minimum Gasteiger partial charge on any atom is -0.457 e. The highest BCUT2D eigenvalue weighted by Gasteiger charge is 2.53. The second kappa shape index (κ2) is 11.9. The third-order valence-corrected chi connectivity index (χ3v) is 14.4. The standard InChI is InChI=1S/C60H36O/c1-2-16-38-34-55-48(33-37(38)15-1)46-22-8-12-26-52(46)60(55)51-25-11-7-21-45(51)47-31-29-39(35-54(47)60)41-17-3-4-18-42(41)40-30-32-58-56(36-40)59(53-27-13-14-28-57(53)61-58)49-23-9-5-19-43(49)44-20-6-10-24-50(44)59/h1-36H. The molecule has 282 valence electrons. The predicted octanol–water partition coefficient (Wildman–Crippen LogP) is 15.0. The summed E-state index contributed by atoms with van der Waals surface area (Å²) in [5.74, 6) is 1.81. The highest BCUT2D eigenvalue weighted by molar-refractivity contribution is 6.01. The van der Waals surface area contributed by atoms with Gasteiger partial charge in [0, 0.05) is 11.1 Å². The van der Waals surface area contributed by atoms with E-state index < -0.39 is 10.8 Å². The monoisotopic (exact) mass is 772 g/mol. The first kappa shape index (κ1) is 33.1.